The number of amides is 2. The lowest BCUT2D eigenvalue weighted by Gasteiger charge is -2.30. The number of esters is 1. The number of carbonyl (C=O) groups is 3. The van der Waals surface area contributed by atoms with Gasteiger partial charge in [-0.2, -0.15) is 4.31 Å². The van der Waals surface area contributed by atoms with Gasteiger partial charge in [-0.25, -0.2) is 13.2 Å². The van der Waals surface area contributed by atoms with Crippen LogP contribution in [0.4, 0.5) is 11.4 Å². The Morgan fingerprint density at radius 3 is 2.41 bits per heavy atom. The predicted molar refractivity (Wildman–Crippen MR) is 128 cm³/mol. The molecular weight excluding hydrogens is 458 g/mol. The molecule has 2 aromatic rings. The van der Waals surface area contributed by atoms with Crippen LogP contribution in [0.1, 0.15) is 49.4 Å². The summed E-state index contributed by atoms with van der Waals surface area (Å²) in [6.45, 7) is 0.746. The molecule has 2 amide bonds. The topological polar surface area (TPSA) is 122 Å². The van der Waals surface area contributed by atoms with Gasteiger partial charge in [0.1, 0.15) is 4.90 Å². The molecule has 0 bridgehead atoms. The Hall–Kier alpha value is -3.24. The van der Waals surface area contributed by atoms with E-state index in [1.54, 1.807) is 31.3 Å². The first kappa shape index (κ1) is 25.4. The summed E-state index contributed by atoms with van der Waals surface area (Å²) in [4.78, 5) is 35.9. The Bertz CT molecular complexity index is 1160. The van der Waals surface area contributed by atoms with Crippen molar-refractivity contribution in [2.75, 3.05) is 24.3 Å². The number of benzene rings is 2. The molecule has 1 fully saturated rings. The maximum Gasteiger partial charge on any atom is 0.338 e. The van der Waals surface area contributed by atoms with Crippen molar-refractivity contribution in [1.29, 1.82) is 0 Å². The van der Waals surface area contributed by atoms with E-state index in [9.17, 15) is 22.8 Å². The number of hydrogen-bond acceptors (Lipinski definition) is 6. The number of anilines is 2. The lowest BCUT2D eigenvalue weighted by Crippen LogP contribution is -2.38. The molecule has 9 nitrogen and oxygen atoms in total. The van der Waals surface area contributed by atoms with Crippen LogP contribution in [-0.2, 0) is 24.3 Å². The van der Waals surface area contributed by atoms with Gasteiger partial charge >= 0.3 is 5.97 Å². The summed E-state index contributed by atoms with van der Waals surface area (Å²) in [5.74, 6) is -1.71. The Kier molecular flexibility index (Phi) is 8.41. The van der Waals surface area contributed by atoms with Gasteiger partial charge in [-0.1, -0.05) is 37.5 Å². The summed E-state index contributed by atoms with van der Waals surface area (Å²) >= 11 is 0. The van der Waals surface area contributed by atoms with Crippen LogP contribution in [0.3, 0.4) is 0 Å². The van der Waals surface area contributed by atoms with E-state index in [1.807, 2.05) is 0 Å². The van der Waals surface area contributed by atoms with Crippen LogP contribution in [0, 0.1) is 0 Å². The number of hydrogen-bond donors (Lipinski definition) is 2. The second kappa shape index (κ2) is 11.3. The number of carbonyl (C=O) groups excluding carboxylic acids is 3. The van der Waals surface area contributed by atoms with Gasteiger partial charge in [-0.15, -0.1) is 0 Å². The minimum absolute atomic E-state index is 0.00856. The average Bonchev–Trinajstić information content (AvgIpc) is 2.82. The molecule has 182 valence electrons. The maximum atomic E-state index is 13.3. The molecule has 0 heterocycles. The van der Waals surface area contributed by atoms with Crippen molar-refractivity contribution < 1.29 is 27.5 Å². The highest BCUT2D eigenvalue weighted by Gasteiger charge is 2.31. The summed E-state index contributed by atoms with van der Waals surface area (Å²) in [6.07, 6.45) is 4.70. The van der Waals surface area contributed by atoms with Crippen molar-refractivity contribution in [3.05, 3.63) is 54.1 Å². The van der Waals surface area contributed by atoms with Crippen LogP contribution in [-0.4, -0.2) is 50.2 Å². The third-order valence-electron chi connectivity index (χ3n) is 5.66. The third kappa shape index (κ3) is 6.42. The van der Waals surface area contributed by atoms with Crippen molar-refractivity contribution in [1.82, 2.24) is 4.31 Å². The number of ether oxygens (including phenoxy) is 1. The molecule has 0 aromatic heterocycles. The number of rotatable bonds is 8. The molecule has 0 spiro atoms. The van der Waals surface area contributed by atoms with Crippen molar-refractivity contribution in [3.63, 3.8) is 0 Å². The molecule has 0 radical (unpaired) electrons. The zero-order valence-corrected chi connectivity index (χ0v) is 20.1. The first-order chi connectivity index (χ1) is 16.2. The van der Waals surface area contributed by atoms with Crippen molar-refractivity contribution in [2.24, 2.45) is 0 Å². The second-order valence-electron chi connectivity index (χ2n) is 8.20. The van der Waals surface area contributed by atoms with Gasteiger partial charge in [0.25, 0.3) is 5.91 Å². The van der Waals surface area contributed by atoms with Crippen LogP contribution in [0.25, 0.3) is 0 Å². The molecule has 0 aliphatic heterocycles. The molecule has 1 saturated carbocycles. The van der Waals surface area contributed by atoms with Gasteiger partial charge in [0.2, 0.25) is 15.9 Å². The fraction of sp³-hybridized carbons (Fsp3) is 0.375. The fourth-order valence-electron chi connectivity index (χ4n) is 3.92. The quantitative estimate of drug-likeness (QED) is 0.551. The van der Waals surface area contributed by atoms with Crippen molar-refractivity contribution >= 4 is 39.2 Å². The zero-order chi connectivity index (χ0) is 24.7. The normalized spacial score (nSPS) is 14.4. The van der Waals surface area contributed by atoms with Gasteiger partial charge < -0.3 is 15.4 Å². The van der Waals surface area contributed by atoms with Crippen LogP contribution in [0.2, 0.25) is 0 Å². The minimum atomic E-state index is -3.83. The van der Waals surface area contributed by atoms with E-state index < -0.39 is 28.5 Å². The smallest absolute Gasteiger partial charge is 0.338 e. The Balaban J connectivity index is 1.66. The first-order valence-electron chi connectivity index (χ1n) is 11.1. The van der Waals surface area contributed by atoms with Gasteiger partial charge in [0, 0.05) is 25.7 Å². The lowest BCUT2D eigenvalue weighted by molar-refractivity contribution is -0.119. The summed E-state index contributed by atoms with van der Waals surface area (Å²) in [7, 11) is -2.26. The fourth-order valence-corrected chi connectivity index (χ4v) is 5.48. The van der Waals surface area contributed by atoms with E-state index in [0.717, 1.165) is 32.1 Å². The van der Waals surface area contributed by atoms with Gasteiger partial charge in [-0.3, -0.25) is 9.59 Å². The van der Waals surface area contributed by atoms with Crippen LogP contribution in [0.5, 0.6) is 0 Å². The first-order valence-corrected chi connectivity index (χ1v) is 12.5. The van der Waals surface area contributed by atoms with E-state index in [0.29, 0.717) is 5.69 Å². The highest BCUT2D eigenvalue weighted by molar-refractivity contribution is 7.89. The zero-order valence-electron chi connectivity index (χ0n) is 19.2. The minimum Gasteiger partial charge on any atom is -0.452 e. The molecule has 0 unspecified atom stereocenters. The second-order valence-corrected chi connectivity index (χ2v) is 10.2. The molecule has 0 saturated heterocycles. The average molecular weight is 488 g/mol. The van der Waals surface area contributed by atoms with E-state index in [4.69, 9.17) is 4.74 Å². The van der Waals surface area contributed by atoms with Crippen molar-refractivity contribution in [3.8, 4) is 0 Å². The van der Waals surface area contributed by atoms with Crippen molar-refractivity contribution in [2.45, 2.75) is 50.0 Å². The summed E-state index contributed by atoms with van der Waals surface area (Å²) in [6, 6.07) is 12.2. The number of sulfonamides is 1. The number of para-hydroxylation sites is 1. The Morgan fingerprint density at radius 2 is 1.71 bits per heavy atom. The van der Waals surface area contributed by atoms with E-state index in [-0.39, 0.29) is 28.1 Å². The van der Waals surface area contributed by atoms with Gasteiger partial charge in [-0.05, 0) is 43.2 Å². The largest absolute Gasteiger partial charge is 0.452 e. The van der Waals surface area contributed by atoms with E-state index in [2.05, 4.69) is 10.6 Å². The Morgan fingerprint density at radius 1 is 1.00 bits per heavy atom. The predicted octanol–water partition coefficient (Wildman–Crippen LogP) is 3.39. The molecule has 1 aliphatic rings. The lowest BCUT2D eigenvalue weighted by atomic mass is 9.96. The molecule has 1 aliphatic carbocycles. The SMILES string of the molecule is CC(=O)Nc1cccc(C(=O)OCC(=O)Nc2ccccc2S(=O)(=O)N(C)C2CCCCC2)c1. The van der Waals surface area contributed by atoms with Crippen LogP contribution in [0.15, 0.2) is 53.4 Å². The maximum absolute atomic E-state index is 13.3. The molecule has 10 heteroatoms. The highest BCUT2D eigenvalue weighted by Crippen LogP contribution is 2.29. The molecular formula is C24H29N3O6S. The summed E-state index contributed by atoms with van der Waals surface area (Å²) < 4.78 is 33.0. The van der Waals surface area contributed by atoms with Crippen LogP contribution >= 0.6 is 0 Å². The summed E-state index contributed by atoms with van der Waals surface area (Å²) in [5.41, 5.74) is 0.711. The van der Waals surface area contributed by atoms with E-state index in [1.165, 1.54) is 35.5 Å². The third-order valence-corrected chi connectivity index (χ3v) is 7.63. The van der Waals surface area contributed by atoms with E-state index >= 15 is 0 Å². The standard InChI is InChI=1S/C24H29N3O6S/c1-17(28)25-19-10-8-9-18(15-19)24(30)33-16-23(29)26-21-13-6-7-14-22(21)34(31,32)27(2)20-11-4-3-5-12-20/h6-10,13-15,20H,3-5,11-12,16H2,1-2H3,(H,25,28)(H,26,29). The summed E-state index contributed by atoms with van der Waals surface area (Å²) in [5, 5.41) is 5.10. The number of nitrogens with one attached hydrogen (secondary N) is 2. The molecule has 3 rings (SSSR count). The number of nitrogens with zero attached hydrogens (tertiary/aromatic N) is 1. The monoisotopic (exact) mass is 487 g/mol. The van der Waals surface area contributed by atoms with Crippen LogP contribution < -0.4 is 10.6 Å². The highest BCUT2D eigenvalue weighted by atomic mass is 32.2. The molecule has 2 N–H and O–H groups in total. The molecule has 0 atom stereocenters. The molecule has 34 heavy (non-hydrogen) atoms. The Labute approximate surface area is 199 Å². The van der Waals surface area contributed by atoms with Gasteiger partial charge in [0.15, 0.2) is 6.61 Å². The van der Waals surface area contributed by atoms with Gasteiger partial charge in [0.05, 0.1) is 11.3 Å². The molecule has 2 aromatic carbocycles.